The van der Waals surface area contributed by atoms with Crippen molar-refractivity contribution in [1.29, 1.82) is 0 Å². The quantitative estimate of drug-likeness (QED) is 0.674. The van der Waals surface area contributed by atoms with E-state index in [9.17, 15) is 9.59 Å². The summed E-state index contributed by atoms with van der Waals surface area (Å²) in [5.41, 5.74) is 6.05. The van der Waals surface area contributed by atoms with Crippen LogP contribution in [-0.4, -0.2) is 49.5 Å². The number of nitrogens with zero attached hydrogens (tertiary/aromatic N) is 1. The molecule has 1 aliphatic heterocycles. The highest BCUT2D eigenvalue weighted by atomic mass is 35.5. The second-order valence-corrected chi connectivity index (χ2v) is 6.40. The minimum atomic E-state index is -0.152. The normalized spacial score (nSPS) is 16.5. The van der Waals surface area contributed by atoms with Crippen molar-refractivity contribution in [3.8, 4) is 5.75 Å². The molecule has 6 nitrogen and oxygen atoms in total. The maximum atomic E-state index is 12.7. The van der Waals surface area contributed by atoms with Crippen molar-refractivity contribution in [3.63, 3.8) is 0 Å². The lowest BCUT2D eigenvalue weighted by molar-refractivity contribution is -0.126. The third kappa shape index (κ3) is 6.50. The van der Waals surface area contributed by atoms with Crippen LogP contribution >= 0.6 is 12.4 Å². The number of nitrogens with one attached hydrogen (secondary N) is 1. The molecule has 3 N–H and O–H groups in total. The molecule has 0 saturated carbocycles. The van der Waals surface area contributed by atoms with Crippen LogP contribution in [-0.2, 0) is 4.79 Å². The number of benzene rings is 1. The third-order valence-corrected chi connectivity index (χ3v) is 4.39. The van der Waals surface area contributed by atoms with Gasteiger partial charge in [0.05, 0.1) is 12.5 Å². The summed E-state index contributed by atoms with van der Waals surface area (Å²) in [5.74, 6) is 0.586. The number of rotatable bonds is 8. The molecule has 1 unspecified atom stereocenters. The second-order valence-electron chi connectivity index (χ2n) is 6.40. The van der Waals surface area contributed by atoms with Gasteiger partial charge in [-0.1, -0.05) is 13.3 Å². The minimum Gasteiger partial charge on any atom is -0.494 e. The fourth-order valence-electron chi connectivity index (χ4n) is 2.93. The Morgan fingerprint density at radius 2 is 2.04 bits per heavy atom. The SMILES string of the molecule is CCCCOc1ccc(C(=O)N2CCCC(C(=O)NCCN)C2)cc1.Cl. The molecule has 0 aromatic heterocycles. The van der Waals surface area contributed by atoms with Gasteiger partial charge in [-0.2, -0.15) is 0 Å². The molecule has 146 valence electrons. The molecule has 1 aliphatic rings. The van der Waals surface area contributed by atoms with E-state index in [2.05, 4.69) is 12.2 Å². The molecule has 26 heavy (non-hydrogen) atoms. The number of carbonyl (C=O) groups excluding carboxylic acids is 2. The molecule has 0 bridgehead atoms. The zero-order chi connectivity index (χ0) is 18.1. The molecular formula is C19H30ClN3O3. The Kier molecular flexibility index (Phi) is 10.1. The van der Waals surface area contributed by atoms with Gasteiger partial charge in [0, 0.05) is 31.7 Å². The molecule has 1 aromatic rings. The van der Waals surface area contributed by atoms with Gasteiger partial charge in [-0.25, -0.2) is 0 Å². The Balaban J connectivity index is 0.00000338. The summed E-state index contributed by atoms with van der Waals surface area (Å²) in [4.78, 5) is 26.6. The number of amides is 2. The largest absolute Gasteiger partial charge is 0.494 e. The van der Waals surface area contributed by atoms with E-state index in [0.717, 1.165) is 31.4 Å². The Hall–Kier alpha value is -1.79. The van der Waals surface area contributed by atoms with Gasteiger partial charge in [0.25, 0.3) is 5.91 Å². The molecule has 1 aromatic carbocycles. The van der Waals surface area contributed by atoms with E-state index in [0.29, 0.717) is 38.3 Å². The number of unbranched alkanes of at least 4 members (excludes halogenated alkanes) is 1. The molecule has 1 fully saturated rings. The van der Waals surface area contributed by atoms with E-state index < -0.39 is 0 Å². The lowest BCUT2D eigenvalue weighted by Crippen LogP contribution is -2.46. The van der Waals surface area contributed by atoms with Crippen molar-refractivity contribution >= 4 is 24.2 Å². The van der Waals surface area contributed by atoms with Crippen molar-refractivity contribution < 1.29 is 14.3 Å². The van der Waals surface area contributed by atoms with Gasteiger partial charge in [-0.15, -0.1) is 12.4 Å². The highest BCUT2D eigenvalue weighted by Gasteiger charge is 2.28. The van der Waals surface area contributed by atoms with E-state index >= 15 is 0 Å². The number of halogens is 1. The third-order valence-electron chi connectivity index (χ3n) is 4.39. The predicted molar refractivity (Wildman–Crippen MR) is 105 cm³/mol. The maximum absolute atomic E-state index is 12.7. The monoisotopic (exact) mass is 383 g/mol. The van der Waals surface area contributed by atoms with Crippen LogP contribution in [0.4, 0.5) is 0 Å². The molecule has 2 rings (SSSR count). The van der Waals surface area contributed by atoms with Crippen LogP contribution in [0.2, 0.25) is 0 Å². The van der Waals surface area contributed by atoms with Crippen LogP contribution in [0, 0.1) is 5.92 Å². The predicted octanol–water partition coefficient (Wildman–Crippen LogP) is 2.21. The zero-order valence-electron chi connectivity index (χ0n) is 15.4. The molecule has 7 heteroatoms. The Morgan fingerprint density at radius 3 is 2.69 bits per heavy atom. The maximum Gasteiger partial charge on any atom is 0.253 e. The van der Waals surface area contributed by atoms with Crippen LogP contribution in [0.15, 0.2) is 24.3 Å². The minimum absolute atomic E-state index is 0. The summed E-state index contributed by atoms with van der Waals surface area (Å²) in [7, 11) is 0. The van der Waals surface area contributed by atoms with Gasteiger partial charge in [-0.05, 0) is 43.5 Å². The first-order chi connectivity index (χ1) is 12.2. The van der Waals surface area contributed by atoms with Crippen molar-refractivity contribution in [2.75, 3.05) is 32.8 Å². The Labute approximate surface area is 161 Å². The van der Waals surface area contributed by atoms with Crippen molar-refractivity contribution in [2.24, 2.45) is 11.7 Å². The van der Waals surface area contributed by atoms with Gasteiger partial charge < -0.3 is 20.7 Å². The van der Waals surface area contributed by atoms with Gasteiger partial charge in [0.15, 0.2) is 0 Å². The molecule has 1 heterocycles. The zero-order valence-corrected chi connectivity index (χ0v) is 16.2. The van der Waals surface area contributed by atoms with Gasteiger partial charge in [-0.3, -0.25) is 9.59 Å². The highest BCUT2D eigenvalue weighted by Crippen LogP contribution is 2.20. The summed E-state index contributed by atoms with van der Waals surface area (Å²) in [5, 5.41) is 2.81. The highest BCUT2D eigenvalue weighted by molar-refractivity contribution is 5.94. The van der Waals surface area contributed by atoms with Gasteiger partial charge in [0.1, 0.15) is 5.75 Å². The smallest absolute Gasteiger partial charge is 0.253 e. The van der Waals surface area contributed by atoms with E-state index in [-0.39, 0.29) is 30.1 Å². The van der Waals surface area contributed by atoms with Crippen LogP contribution in [0.25, 0.3) is 0 Å². The summed E-state index contributed by atoms with van der Waals surface area (Å²) >= 11 is 0. The van der Waals surface area contributed by atoms with E-state index in [4.69, 9.17) is 10.5 Å². The summed E-state index contributed by atoms with van der Waals surface area (Å²) < 4.78 is 5.62. The number of nitrogens with two attached hydrogens (primary N) is 1. The number of ether oxygens (including phenoxy) is 1. The Bertz CT molecular complexity index is 566. The van der Waals surface area contributed by atoms with Crippen molar-refractivity contribution in [3.05, 3.63) is 29.8 Å². The molecule has 0 spiro atoms. The van der Waals surface area contributed by atoms with E-state index in [1.807, 2.05) is 12.1 Å². The number of hydrogen-bond donors (Lipinski definition) is 2. The average molecular weight is 384 g/mol. The van der Waals surface area contributed by atoms with Crippen molar-refractivity contribution in [2.45, 2.75) is 32.6 Å². The van der Waals surface area contributed by atoms with E-state index in [1.165, 1.54) is 0 Å². The van der Waals surface area contributed by atoms with E-state index in [1.54, 1.807) is 17.0 Å². The molecule has 1 atom stereocenters. The molecule has 0 aliphatic carbocycles. The topological polar surface area (TPSA) is 84.7 Å². The summed E-state index contributed by atoms with van der Waals surface area (Å²) in [6.07, 6.45) is 3.75. The van der Waals surface area contributed by atoms with Crippen molar-refractivity contribution in [1.82, 2.24) is 10.2 Å². The van der Waals surface area contributed by atoms with Crippen LogP contribution < -0.4 is 15.8 Å². The van der Waals surface area contributed by atoms with Gasteiger partial charge in [0.2, 0.25) is 5.91 Å². The summed E-state index contributed by atoms with van der Waals surface area (Å²) in [6, 6.07) is 7.25. The lowest BCUT2D eigenvalue weighted by Gasteiger charge is -2.32. The first-order valence-electron chi connectivity index (χ1n) is 9.15. The standard InChI is InChI=1S/C19H29N3O3.ClH/c1-2-3-13-25-17-8-6-15(7-9-17)19(24)22-12-4-5-16(14-22)18(23)21-11-10-20;/h6-9,16H,2-5,10-14,20H2,1H3,(H,21,23);1H. The number of hydrogen-bond acceptors (Lipinski definition) is 4. The fraction of sp³-hybridized carbons (Fsp3) is 0.579. The number of likely N-dealkylation sites (tertiary alicyclic amines) is 1. The number of piperidine rings is 1. The fourth-order valence-corrected chi connectivity index (χ4v) is 2.93. The van der Waals surface area contributed by atoms with Crippen LogP contribution in [0.3, 0.4) is 0 Å². The van der Waals surface area contributed by atoms with Crippen LogP contribution in [0.1, 0.15) is 43.0 Å². The molecule has 2 amide bonds. The van der Waals surface area contributed by atoms with Gasteiger partial charge >= 0.3 is 0 Å². The Morgan fingerprint density at radius 1 is 1.31 bits per heavy atom. The first kappa shape index (κ1) is 22.3. The second kappa shape index (κ2) is 11.8. The lowest BCUT2D eigenvalue weighted by atomic mass is 9.96. The summed E-state index contributed by atoms with van der Waals surface area (Å²) in [6.45, 7) is 4.86. The first-order valence-corrected chi connectivity index (χ1v) is 9.15. The average Bonchev–Trinajstić information content (AvgIpc) is 2.66. The number of carbonyl (C=O) groups is 2. The molecule has 1 saturated heterocycles. The van der Waals surface area contributed by atoms with Crippen LogP contribution in [0.5, 0.6) is 5.75 Å². The molecule has 0 radical (unpaired) electrons. The molecular weight excluding hydrogens is 354 g/mol.